The smallest absolute Gasteiger partial charge is 0.0910 e. The van der Waals surface area contributed by atoms with Crippen LogP contribution in [0.5, 0.6) is 0 Å². The Balaban J connectivity index is 1.82. The van der Waals surface area contributed by atoms with Crippen LogP contribution in [0.4, 0.5) is 0 Å². The maximum absolute atomic E-state index is 5.85. The van der Waals surface area contributed by atoms with Crippen molar-refractivity contribution < 1.29 is 4.74 Å². The normalized spacial score (nSPS) is 26.0. The van der Waals surface area contributed by atoms with E-state index in [-0.39, 0.29) is 0 Å². The molecule has 0 bridgehead atoms. The van der Waals surface area contributed by atoms with Gasteiger partial charge in [-0.25, -0.2) is 0 Å². The van der Waals surface area contributed by atoms with E-state index in [9.17, 15) is 0 Å². The lowest BCUT2D eigenvalue weighted by atomic mass is 10.1. The summed E-state index contributed by atoms with van der Waals surface area (Å²) in [5.41, 5.74) is 6.70. The summed E-state index contributed by atoms with van der Waals surface area (Å²) in [5, 5.41) is 4.28. The minimum atomic E-state index is 0.344. The topological polar surface area (TPSA) is 53.1 Å². The third kappa shape index (κ3) is 2.58. The number of aryl methyl sites for hydroxylation is 1. The van der Waals surface area contributed by atoms with Gasteiger partial charge >= 0.3 is 0 Å². The average molecular weight is 209 g/mol. The standard InChI is InChI=1S/C11H19N3O/c1-14-6-5-10(13-14)8-15-11-4-2-3-9(11)7-12/h5-6,9,11H,2-4,7-8,12H2,1H3. The predicted octanol–water partition coefficient (Wildman–Crippen LogP) is 1.06. The number of hydrogen-bond donors (Lipinski definition) is 1. The lowest BCUT2D eigenvalue weighted by molar-refractivity contribution is 0.0164. The van der Waals surface area contributed by atoms with E-state index in [2.05, 4.69) is 5.10 Å². The van der Waals surface area contributed by atoms with E-state index in [4.69, 9.17) is 10.5 Å². The van der Waals surface area contributed by atoms with Gasteiger partial charge in [0.15, 0.2) is 0 Å². The summed E-state index contributed by atoms with van der Waals surface area (Å²) in [6.45, 7) is 1.36. The molecule has 2 rings (SSSR count). The first-order valence-corrected chi connectivity index (χ1v) is 5.60. The van der Waals surface area contributed by atoms with Crippen LogP contribution in [0.1, 0.15) is 25.0 Å². The van der Waals surface area contributed by atoms with Crippen LogP contribution in [0, 0.1) is 5.92 Å². The van der Waals surface area contributed by atoms with Crippen molar-refractivity contribution in [2.45, 2.75) is 32.0 Å². The van der Waals surface area contributed by atoms with Gasteiger partial charge in [0.2, 0.25) is 0 Å². The van der Waals surface area contributed by atoms with Crippen molar-refractivity contribution in [3.05, 3.63) is 18.0 Å². The summed E-state index contributed by atoms with van der Waals surface area (Å²) >= 11 is 0. The molecule has 0 saturated heterocycles. The van der Waals surface area contributed by atoms with Crippen LogP contribution in [0.15, 0.2) is 12.3 Å². The highest BCUT2D eigenvalue weighted by molar-refractivity contribution is 4.96. The van der Waals surface area contributed by atoms with Gasteiger partial charge in [-0.2, -0.15) is 5.10 Å². The van der Waals surface area contributed by atoms with Crippen LogP contribution >= 0.6 is 0 Å². The van der Waals surface area contributed by atoms with Crippen molar-refractivity contribution in [1.82, 2.24) is 9.78 Å². The summed E-state index contributed by atoms with van der Waals surface area (Å²) in [5.74, 6) is 0.550. The summed E-state index contributed by atoms with van der Waals surface area (Å²) in [6, 6.07) is 1.99. The van der Waals surface area contributed by atoms with Gasteiger partial charge in [-0.3, -0.25) is 4.68 Å². The third-order valence-electron chi connectivity index (χ3n) is 3.11. The summed E-state index contributed by atoms with van der Waals surface area (Å²) < 4.78 is 7.65. The molecule has 1 heterocycles. The number of ether oxygens (including phenoxy) is 1. The Kier molecular flexibility index (Phi) is 3.38. The lowest BCUT2D eigenvalue weighted by Gasteiger charge is -2.17. The largest absolute Gasteiger partial charge is 0.372 e. The van der Waals surface area contributed by atoms with Gasteiger partial charge in [0, 0.05) is 13.2 Å². The van der Waals surface area contributed by atoms with Gasteiger partial charge in [-0.05, 0) is 31.4 Å². The molecule has 0 amide bonds. The zero-order chi connectivity index (χ0) is 10.7. The Bertz CT molecular complexity index is 311. The van der Waals surface area contributed by atoms with E-state index in [0.717, 1.165) is 18.7 Å². The molecule has 0 spiro atoms. The molecule has 0 aromatic carbocycles. The lowest BCUT2D eigenvalue weighted by Crippen LogP contribution is -2.25. The highest BCUT2D eigenvalue weighted by Gasteiger charge is 2.26. The molecule has 1 saturated carbocycles. The Morgan fingerprint density at radius 3 is 3.13 bits per heavy atom. The van der Waals surface area contributed by atoms with Crippen LogP contribution in [-0.2, 0) is 18.4 Å². The van der Waals surface area contributed by atoms with Crippen molar-refractivity contribution in [2.75, 3.05) is 6.54 Å². The molecule has 1 aromatic heterocycles. The van der Waals surface area contributed by atoms with Gasteiger partial charge in [0.1, 0.15) is 0 Å². The monoisotopic (exact) mass is 209 g/mol. The van der Waals surface area contributed by atoms with E-state index in [1.807, 2.05) is 19.3 Å². The second-order valence-electron chi connectivity index (χ2n) is 4.26. The molecule has 4 heteroatoms. The van der Waals surface area contributed by atoms with Gasteiger partial charge < -0.3 is 10.5 Å². The summed E-state index contributed by atoms with van der Waals surface area (Å²) in [7, 11) is 1.92. The minimum absolute atomic E-state index is 0.344. The number of hydrogen-bond acceptors (Lipinski definition) is 3. The molecule has 2 N–H and O–H groups in total. The maximum atomic E-state index is 5.85. The number of nitrogens with zero attached hydrogens (tertiary/aromatic N) is 2. The second-order valence-corrected chi connectivity index (χ2v) is 4.26. The van der Waals surface area contributed by atoms with Crippen LogP contribution in [0.3, 0.4) is 0 Å². The van der Waals surface area contributed by atoms with E-state index >= 15 is 0 Å². The number of aromatic nitrogens is 2. The van der Waals surface area contributed by atoms with Crippen LogP contribution in [0.2, 0.25) is 0 Å². The fraction of sp³-hybridized carbons (Fsp3) is 0.727. The Morgan fingerprint density at radius 1 is 1.60 bits per heavy atom. The van der Waals surface area contributed by atoms with Gasteiger partial charge in [0.05, 0.1) is 18.4 Å². The van der Waals surface area contributed by atoms with E-state index in [1.165, 1.54) is 12.8 Å². The molecule has 15 heavy (non-hydrogen) atoms. The highest BCUT2D eigenvalue weighted by Crippen LogP contribution is 2.27. The summed E-state index contributed by atoms with van der Waals surface area (Å²) in [6.07, 6.45) is 5.89. The molecule has 84 valence electrons. The molecule has 4 nitrogen and oxygen atoms in total. The van der Waals surface area contributed by atoms with Gasteiger partial charge in [-0.1, -0.05) is 6.42 Å². The van der Waals surface area contributed by atoms with Crippen molar-refractivity contribution in [3.63, 3.8) is 0 Å². The first-order valence-electron chi connectivity index (χ1n) is 5.60. The van der Waals surface area contributed by atoms with Crippen LogP contribution < -0.4 is 5.73 Å². The van der Waals surface area contributed by atoms with E-state index in [1.54, 1.807) is 4.68 Å². The van der Waals surface area contributed by atoms with E-state index < -0.39 is 0 Å². The van der Waals surface area contributed by atoms with Crippen LogP contribution in [-0.4, -0.2) is 22.4 Å². The van der Waals surface area contributed by atoms with Gasteiger partial charge in [-0.15, -0.1) is 0 Å². The van der Waals surface area contributed by atoms with Crippen molar-refractivity contribution in [2.24, 2.45) is 18.7 Å². The Hall–Kier alpha value is -0.870. The average Bonchev–Trinajstić information content (AvgIpc) is 2.83. The van der Waals surface area contributed by atoms with Crippen molar-refractivity contribution >= 4 is 0 Å². The molecule has 1 aliphatic rings. The Labute approximate surface area is 90.4 Å². The third-order valence-corrected chi connectivity index (χ3v) is 3.11. The fourth-order valence-corrected chi connectivity index (χ4v) is 2.22. The molecular formula is C11H19N3O. The molecule has 1 fully saturated rings. The SMILES string of the molecule is Cn1ccc(COC2CCCC2CN)n1. The maximum Gasteiger partial charge on any atom is 0.0910 e. The van der Waals surface area contributed by atoms with Crippen molar-refractivity contribution in [3.8, 4) is 0 Å². The fourth-order valence-electron chi connectivity index (χ4n) is 2.22. The number of nitrogens with two attached hydrogens (primary N) is 1. The first kappa shape index (κ1) is 10.6. The molecule has 2 atom stereocenters. The molecule has 0 aliphatic heterocycles. The van der Waals surface area contributed by atoms with Crippen LogP contribution in [0.25, 0.3) is 0 Å². The van der Waals surface area contributed by atoms with E-state index in [0.29, 0.717) is 18.6 Å². The molecule has 2 unspecified atom stereocenters. The minimum Gasteiger partial charge on any atom is -0.372 e. The molecule has 0 radical (unpaired) electrons. The Morgan fingerprint density at radius 2 is 2.47 bits per heavy atom. The quantitative estimate of drug-likeness (QED) is 0.807. The second kappa shape index (κ2) is 4.77. The zero-order valence-corrected chi connectivity index (χ0v) is 9.22. The first-order chi connectivity index (χ1) is 7.29. The van der Waals surface area contributed by atoms with Crippen molar-refractivity contribution in [1.29, 1.82) is 0 Å². The molecule has 1 aromatic rings. The zero-order valence-electron chi connectivity index (χ0n) is 9.22. The van der Waals surface area contributed by atoms with Gasteiger partial charge in [0.25, 0.3) is 0 Å². The number of rotatable bonds is 4. The molecule has 1 aliphatic carbocycles. The predicted molar refractivity (Wildman–Crippen MR) is 58.2 cm³/mol. The summed E-state index contributed by atoms with van der Waals surface area (Å²) in [4.78, 5) is 0. The molecular weight excluding hydrogens is 190 g/mol. The highest BCUT2D eigenvalue weighted by atomic mass is 16.5.